The smallest absolute Gasteiger partial charge is 0.242 e. The zero-order valence-electron chi connectivity index (χ0n) is 13.1. The number of methoxy groups -OCH3 is 1. The normalized spacial score (nSPS) is 14.7. The van der Waals surface area contributed by atoms with E-state index in [2.05, 4.69) is 16.0 Å². The number of carbonyl (C=O) groups is 2. The molecule has 1 aliphatic heterocycles. The molecule has 1 aromatic carbocycles. The molecule has 22 heavy (non-hydrogen) atoms. The summed E-state index contributed by atoms with van der Waals surface area (Å²) in [4.78, 5) is 23.3. The van der Waals surface area contributed by atoms with Gasteiger partial charge in [0.15, 0.2) is 0 Å². The van der Waals surface area contributed by atoms with Gasteiger partial charge in [0.25, 0.3) is 0 Å². The Balaban J connectivity index is 1.87. The van der Waals surface area contributed by atoms with Gasteiger partial charge in [-0.05, 0) is 43.5 Å². The van der Waals surface area contributed by atoms with Gasteiger partial charge in [-0.15, -0.1) is 0 Å². The minimum absolute atomic E-state index is 0.0397. The standard InChI is InChI=1S/C16H23N3O3/c1-11(16(21)17-8-3-9-22-2)18-13-5-6-14-12(10-13)4-7-15(20)19-14/h5-6,10-11,18H,3-4,7-9H2,1-2H3,(H,17,21)(H,19,20)/t11-/m0/s1. The molecule has 2 rings (SSSR count). The van der Waals surface area contributed by atoms with Gasteiger partial charge in [0.2, 0.25) is 11.8 Å². The second-order valence-corrected chi connectivity index (χ2v) is 5.42. The second kappa shape index (κ2) is 7.79. The van der Waals surface area contributed by atoms with E-state index in [0.29, 0.717) is 19.6 Å². The monoisotopic (exact) mass is 305 g/mol. The van der Waals surface area contributed by atoms with Gasteiger partial charge in [-0.3, -0.25) is 9.59 Å². The largest absolute Gasteiger partial charge is 0.385 e. The Morgan fingerprint density at radius 1 is 1.41 bits per heavy atom. The van der Waals surface area contributed by atoms with Crippen LogP contribution in [0.3, 0.4) is 0 Å². The number of benzene rings is 1. The predicted molar refractivity (Wildman–Crippen MR) is 86.0 cm³/mol. The maximum absolute atomic E-state index is 12.0. The number of ether oxygens (including phenoxy) is 1. The number of hydrogen-bond donors (Lipinski definition) is 3. The number of anilines is 2. The molecule has 0 fully saturated rings. The Hall–Kier alpha value is -2.08. The summed E-state index contributed by atoms with van der Waals surface area (Å²) in [5, 5.41) is 8.90. The zero-order valence-corrected chi connectivity index (χ0v) is 13.1. The van der Waals surface area contributed by atoms with E-state index in [1.54, 1.807) is 7.11 Å². The molecule has 6 nitrogen and oxygen atoms in total. The van der Waals surface area contributed by atoms with Gasteiger partial charge in [-0.2, -0.15) is 0 Å². The molecule has 0 aliphatic carbocycles. The third kappa shape index (κ3) is 4.46. The number of aryl methyl sites for hydroxylation is 1. The number of amides is 2. The van der Waals surface area contributed by atoms with E-state index in [-0.39, 0.29) is 17.9 Å². The van der Waals surface area contributed by atoms with Crippen LogP contribution in [0.2, 0.25) is 0 Å². The molecule has 6 heteroatoms. The summed E-state index contributed by atoms with van der Waals surface area (Å²) in [7, 11) is 1.64. The van der Waals surface area contributed by atoms with Crippen LogP contribution in [0.25, 0.3) is 0 Å². The molecule has 1 heterocycles. The van der Waals surface area contributed by atoms with Gasteiger partial charge in [0.05, 0.1) is 0 Å². The second-order valence-electron chi connectivity index (χ2n) is 5.42. The van der Waals surface area contributed by atoms with Gasteiger partial charge in [-0.1, -0.05) is 0 Å². The van der Waals surface area contributed by atoms with Gasteiger partial charge in [-0.25, -0.2) is 0 Å². The highest BCUT2D eigenvalue weighted by Gasteiger charge is 2.16. The Morgan fingerprint density at radius 3 is 3.00 bits per heavy atom. The summed E-state index contributed by atoms with van der Waals surface area (Å²) in [5.74, 6) is 0.0131. The molecular formula is C16H23N3O3. The van der Waals surface area contributed by atoms with E-state index in [1.807, 2.05) is 25.1 Å². The van der Waals surface area contributed by atoms with Crippen LogP contribution in [-0.2, 0) is 20.7 Å². The first-order chi connectivity index (χ1) is 10.6. The zero-order chi connectivity index (χ0) is 15.9. The van der Waals surface area contributed by atoms with Gasteiger partial charge in [0.1, 0.15) is 6.04 Å². The fourth-order valence-electron chi connectivity index (χ4n) is 2.37. The Labute approximate surface area is 130 Å². The van der Waals surface area contributed by atoms with E-state index in [9.17, 15) is 9.59 Å². The van der Waals surface area contributed by atoms with Crippen LogP contribution in [-0.4, -0.2) is 38.1 Å². The minimum atomic E-state index is -0.321. The van der Waals surface area contributed by atoms with Crippen molar-refractivity contribution in [3.63, 3.8) is 0 Å². The van der Waals surface area contributed by atoms with Crippen LogP contribution in [0.4, 0.5) is 11.4 Å². The average molecular weight is 305 g/mol. The summed E-state index contributed by atoms with van der Waals surface area (Å²) in [5.41, 5.74) is 2.84. The first-order valence-corrected chi connectivity index (χ1v) is 7.56. The van der Waals surface area contributed by atoms with Gasteiger partial charge < -0.3 is 20.7 Å². The molecule has 0 radical (unpaired) electrons. The molecular weight excluding hydrogens is 282 g/mol. The molecule has 0 spiro atoms. The highest BCUT2D eigenvalue weighted by Crippen LogP contribution is 2.25. The minimum Gasteiger partial charge on any atom is -0.385 e. The Bertz CT molecular complexity index is 545. The van der Waals surface area contributed by atoms with Crippen LogP contribution >= 0.6 is 0 Å². The molecule has 1 aromatic rings. The fourth-order valence-corrected chi connectivity index (χ4v) is 2.37. The van der Waals surface area contributed by atoms with Crippen molar-refractivity contribution in [1.29, 1.82) is 0 Å². The maximum atomic E-state index is 12.0. The number of nitrogens with one attached hydrogen (secondary N) is 3. The lowest BCUT2D eigenvalue weighted by atomic mass is 10.0. The van der Waals surface area contributed by atoms with Crippen LogP contribution in [0.15, 0.2) is 18.2 Å². The first kappa shape index (κ1) is 16.3. The van der Waals surface area contributed by atoms with Crippen molar-refractivity contribution in [2.45, 2.75) is 32.2 Å². The van der Waals surface area contributed by atoms with Crippen molar-refractivity contribution in [2.75, 3.05) is 30.9 Å². The summed E-state index contributed by atoms with van der Waals surface area (Å²) >= 11 is 0. The number of hydrogen-bond acceptors (Lipinski definition) is 4. The highest BCUT2D eigenvalue weighted by atomic mass is 16.5. The van der Waals surface area contributed by atoms with E-state index in [0.717, 1.165) is 29.8 Å². The molecule has 0 saturated carbocycles. The van der Waals surface area contributed by atoms with Crippen molar-refractivity contribution in [3.05, 3.63) is 23.8 Å². The molecule has 3 N–H and O–H groups in total. The molecule has 1 aliphatic rings. The lowest BCUT2D eigenvalue weighted by Gasteiger charge is -2.20. The fraction of sp³-hybridized carbons (Fsp3) is 0.500. The first-order valence-electron chi connectivity index (χ1n) is 7.56. The number of fused-ring (bicyclic) bond motifs is 1. The van der Waals surface area contributed by atoms with Gasteiger partial charge in [0, 0.05) is 38.1 Å². The molecule has 2 amide bonds. The van der Waals surface area contributed by atoms with Crippen molar-refractivity contribution >= 4 is 23.2 Å². The van der Waals surface area contributed by atoms with Crippen molar-refractivity contribution in [1.82, 2.24) is 5.32 Å². The van der Waals surface area contributed by atoms with E-state index in [4.69, 9.17) is 4.74 Å². The summed E-state index contributed by atoms with van der Waals surface area (Å²) in [6.07, 6.45) is 2.04. The Kier molecular flexibility index (Phi) is 5.77. The third-order valence-corrected chi connectivity index (χ3v) is 3.60. The Morgan fingerprint density at radius 2 is 2.23 bits per heavy atom. The average Bonchev–Trinajstić information content (AvgIpc) is 2.51. The summed E-state index contributed by atoms with van der Waals surface area (Å²) < 4.78 is 4.94. The molecule has 0 aromatic heterocycles. The quantitative estimate of drug-likeness (QED) is 0.667. The highest BCUT2D eigenvalue weighted by molar-refractivity contribution is 5.94. The maximum Gasteiger partial charge on any atom is 0.242 e. The third-order valence-electron chi connectivity index (χ3n) is 3.60. The number of rotatable bonds is 7. The predicted octanol–water partition coefficient (Wildman–Crippen LogP) is 1.52. The molecule has 0 bridgehead atoms. The van der Waals surface area contributed by atoms with Crippen molar-refractivity contribution in [2.24, 2.45) is 0 Å². The van der Waals surface area contributed by atoms with Crippen LogP contribution in [0.1, 0.15) is 25.3 Å². The van der Waals surface area contributed by atoms with Crippen LogP contribution in [0, 0.1) is 0 Å². The lowest BCUT2D eigenvalue weighted by molar-refractivity contribution is -0.121. The molecule has 1 atom stereocenters. The van der Waals surface area contributed by atoms with Crippen molar-refractivity contribution in [3.8, 4) is 0 Å². The van der Waals surface area contributed by atoms with E-state index < -0.39 is 0 Å². The summed E-state index contributed by atoms with van der Waals surface area (Å²) in [6, 6.07) is 5.42. The summed E-state index contributed by atoms with van der Waals surface area (Å²) in [6.45, 7) is 3.07. The molecule has 0 unspecified atom stereocenters. The van der Waals surface area contributed by atoms with Crippen molar-refractivity contribution < 1.29 is 14.3 Å². The molecule has 120 valence electrons. The molecule has 0 saturated heterocycles. The van der Waals surface area contributed by atoms with Crippen LogP contribution in [0.5, 0.6) is 0 Å². The van der Waals surface area contributed by atoms with E-state index >= 15 is 0 Å². The van der Waals surface area contributed by atoms with E-state index in [1.165, 1.54) is 0 Å². The lowest BCUT2D eigenvalue weighted by Crippen LogP contribution is -2.38. The SMILES string of the molecule is COCCCNC(=O)[C@H](C)Nc1ccc2c(c1)CCC(=O)N2. The van der Waals surface area contributed by atoms with Crippen LogP contribution < -0.4 is 16.0 Å². The topological polar surface area (TPSA) is 79.5 Å². The van der Waals surface area contributed by atoms with Gasteiger partial charge >= 0.3 is 0 Å². The number of carbonyl (C=O) groups excluding carboxylic acids is 2.